The van der Waals surface area contributed by atoms with Gasteiger partial charge in [0.15, 0.2) is 11.5 Å². The molecule has 0 bridgehead atoms. The molecular weight excluding hydrogens is 282 g/mol. The third kappa shape index (κ3) is 3.67. The first kappa shape index (κ1) is 15.0. The summed E-state index contributed by atoms with van der Waals surface area (Å²) >= 11 is 1.89. The van der Waals surface area contributed by atoms with E-state index >= 15 is 0 Å². The van der Waals surface area contributed by atoms with Gasteiger partial charge in [-0.1, -0.05) is 13.8 Å². The molecule has 4 heteroatoms. The number of hydrogen-bond donors (Lipinski definition) is 1. The molecular formula is C17H25NO2S. The van der Waals surface area contributed by atoms with Gasteiger partial charge in [-0.25, -0.2) is 0 Å². The smallest absolute Gasteiger partial charge is 0.162 e. The summed E-state index contributed by atoms with van der Waals surface area (Å²) in [5.74, 6) is 1.74. The summed E-state index contributed by atoms with van der Waals surface area (Å²) in [6.45, 7) is 6.17. The van der Waals surface area contributed by atoms with Gasteiger partial charge in [-0.15, -0.1) is 11.8 Å². The minimum Gasteiger partial charge on any atom is -0.490 e. The lowest BCUT2D eigenvalue weighted by Crippen LogP contribution is -2.41. The molecule has 3 nitrogen and oxygen atoms in total. The first-order valence-corrected chi connectivity index (χ1v) is 8.73. The van der Waals surface area contributed by atoms with Crippen molar-refractivity contribution in [3.05, 3.63) is 18.2 Å². The van der Waals surface area contributed by atoms with E-state index in [4.69, 9.17) is 15.2 Å². The van der Waals surface area contributed by atoms with Crippen LogP contribution in [0.4, 0.5) is 0 Å². The van der Waals surface area contributed by atoms with Crippen LogP contribution in [0.5, 0.6) is 11.5 Å². The van der Waals surface area contributed by atoms with Crippen molar-refractivity contribution in [2.45, 2.75) is 55.7 Å². The van der Waals surface area contributed by atoms with Crippen LogP contribution in [0.1, 0.15) is 39.5 Å². The highest BCUT2D eigenvalue weighted by Crippen LogP contribution is 2.43. The van der Waals surface area contributed by atoms with Crippen LogP contribution in [0.25, 0.3) is 0 Å². The number of ether oxygens (including phenoxy) is 2. The minimum atomic E-state index is 0.291. The van der Waals surface area contributed by atoms with Crippen molar-refractivity contribution in [1.82, 2.24) is 0 Å². The second-order valence-electron chi connectivity index (χ2n) is 6.89. The molecule has 116 valence electrons. The number of hydrogen-bond acceptors (Lipinski definition) is 4. The van der Waals surface area contributed by atoms with E-state index in [0.717, 1.165) is 37.6 Å². The molecule has 0 saturated heterocycles. The van der Waals surface area contributed by atoms with Crippen LogP contribution in [0, 0.1) is 5.41 Å². The molecule has 1 fully saturated rings. The van der Waals surface area contributed by atoms with Gasteiger partial charge in [-0.2, -0.15) is 0 Å². The molecule has 1 heterocycles. The molecule has 3 rings (SSSR count). The Morgan fingerprint density at radius 2 is 1.95 bits per heavy atom. The predicted octanol–water partition coefficient (Wildman–Crippen LogP) is 3.85. The monoisotopic (exact) mass is 307 g/mol. The van der Waals surface area contributed by atoms with E-state index in [1.165, 1.54) is 17.7 Å². The molecule has 1 aromatic rings. The zero-order valence-corrected chi connectivity index (χ0v) is 13.7. The first-order chi connectivity index (χ1) is 10.0. The molecule has 0 spiro atoms. The predicted molar refractivity (Wildman–Crippen MR) is 87.3 cm³/mol. The van der Waals surface area contributed by atoms with Crippen molar-refractivity contribution in [1.29, 1.82) is 0 Å². The summed E-state index contributed by atoms with van der Waals surface area (Å²) in [6, 6.07) is 6.56. The van der Waals surface area contributed by atoms with E-state index in [1.54, 1.807) is 0 Å². The topological polar surface area (TPSA) is 44.5 Å². The highest BCUT2D eigenvalue weighted by molar-refractivity contribution is 8.00. The molecule has 1 aliphatic heterocycles. The normalized spacial score (nSPS) is 28.0. The lowest BCUT2D eigenvalue weighted by atomic mass is 9.75. The minimum absolute atomic E-state index is 0.291. The van der Waals surface area contributed by atoms with E-state index in [0.29, 0.717) is 16.7 Å². The van der Waals surface area contributed by atoms with Gasteiger partial charge >= 0.3 is 0 Å². The molecule has 0 aromatic heterocycles. The largest absolute Gasteiger partial charge is 0.490 e. The van der Waals surface area contributed by atoms with Gasteiger partial charge in [0.25, 0.3) is 0 Å². The van der Waals surface area contributed by atoms with Crippen molar-refractivity contribution >= 4 is 11.8 Å². The lowest BCUT2D eigenvalue weighted by Gasteiger charge is -2.38. The highest BCUT2D eigenvalue weighted by atomic mass is 32.2. The SMILES string of the molecule is CC1(C)CCC(N)C(Sc2ccc3c(c2)OCCCO3)C1. The van der Waals surface area contributed by atoms with E-state index in [2.05, 4.69) is 26.0 Å². The van der Waals surface area contributed by atoms with Gasteiger partial charge in [0.2, 0.25) is 0 Å². The molecule has 2 aliphatic rings. The van der Waals surface area contributed by atoms with Crippen molar-refractivity contribution in [2.75, 3.05) is 13.2 Å². The van der Waals surface area contributed by atoms with Crippen LogP contribution in [0.3, 0.4) is 0 Å². The Hall–Kier alpha value is -0.870. The maximum Gasteiger partial charge on any atom is 0.162 e. The quantitative estimate of drug-likeness (QED) is 0.901. The zero-order valence-electron chi connectivity index (χ0n) is 12.9. The second kappa shape index (κ2) is 6.09. The van der Waals surface area contributed by atoms with Gasteiger partial charge in [0.1, 0.15) is 0 Å². The van der Waals surface area contributed by atoms with E-state index in [1.807, 2.05) is 17.8 Å². The Labute approximate surface area is 131 Å². The number of rotatable bonds is 2. The van der Waals surface area contributed by atoms with Gasteiger partial charge < -0.3 is 15.2 Å². The number of fused-ring (bicyclic) bond motifs is 1. The van der Waals surface area contributed by atoms with Crippen molar-refractivity contribution in [2.24, 2.45) is 11.1 Å². The third-order valence-corrected chi connectivity index (χ3v) is 5.74. The van der Waals surface area contributed by atoms with Crippen LogP contribution in [0.15, 0.2) is 23.1 Å². The molecule has 1 saturated carbocycles. The number of nitrogens with two attached hydrogens (primary N) is 1. The van der Waals surface area contributed by atoms with E-state index in [9.17, 15) is 0 Å². The molecule has 1 aromatic carbocycles. The maximum absolute atomic E-state index is 6.33. The molecule has 2 atom stereocenters. The van der Waals surface area contributed by atoms with Crippen LogP contribution in [0.2, 0.25) is 0 Å². The number of benzene rings is 1. The fourth-order valence-electron chi connectivity index (χ4n) is 3.06. The average Bonchev–Trinajstić information content (AvgIpc) is 2.67. The van der Waals surface area contributed by atoms with Crippen molar-refractivity contribution in [3.63, 3.8) is 0 Å². The Morgan fingerprint density at radius 3 is 2.76 bits per heavy atom. The number of thioether (sulfide) groups is 1. The van der Waals surface area contributed by atoms with Crippen LogP contribution in [-0.2, 0) is 0 Å². The van der Waals surface area contributed by atoms with Crippen LogP contribution in [-0.4, -0.2) is 24.5 Å². The van der Waals surface area contributed by atoms with Gasteiger partial charge in [-0.3, -0.25) is 0 Å². The standard InChI is InChI=1S/C17H25NO2S/c1-17(2)7-6-13(18)16(11-17)21-12-4-5-14-15(10-12)20-9-3-8-19-14/h4-5,10,13,16H,3,6-9,11,18H2,1-2H3. The summed E-state index contributed by atoms with van der Waals surface area (Å²) in [7, 11) is 0. The average molecular weight is 307 g/mol. The Balaban J connectivity index is 1.74. The summed E-state index contributed by atoms with van der Waals surface area (Å²) < 4.78 is 11.5. The Kier molecular flexibility index (Phi) is 4.36. The van der Waals surface area contributed by atoms with Crippen LogP contribution < -0.4 is 15.2 Å². The molecule has 0 amide bonds. The summed E-state index contributed by atoms with van der Waals surface area (Å²) in [6.07, 6.45) is 4.47. The Bertz CT molecular complexity index is 504. The Morgan fingerprint density at radius 1 is 1.19 bits per heavy atom. The zero-order chi connectivity index (χ0) is 14.9. The van der Waals surface area contributed by atoms with E-state index in [-0.39, 0.29) is 0 Å². The fraction of sp³-hybridized carbons (Fsp3) is 0.647. The van der Waals surface area contributed by atoms with Gasteiger partial charge in [-0.05, 0) is 42.9 Å². The molecule has 21 heavy (non-hydrogen) atoms. The maximum atomic E-state index is 6.33. The molecule has 0 radical (unpaired) electrons. The van der Waals surface area contributed by atoms with Gasteiger partial charge in [0.05, 0.1) is 13.2 Å². The fourth-order valence-corrected chi connectivity index (χ4v) is 4.58. The summed E-state index contributed by atoms with van der Waals surface area (Å²) in [5, 5.41) is 0.485. The first-order valence-electron chi connectivity index (χ1n) is 7.85. The van der Waals surface area contributed by atoms with Crippen molar-refractivity contribution in [3.8, 4) is 11.5 Å². The second-order valence-corrected chi connectivity index (χ2v) is 8.20. The van der Waals surface area contributed by atoms with E-state index < -0.39 is 0 Å². The summed E-state index contributed by atoms with van der Waals surface area (Å²) in [4.78, 5) is 1.23. The summed E-state index contributed by atoms with van der Waals surface area (Å²) in [5.41, 5.74) is 6.74. The highest BCUT2D eigenvalue weighted by Gasteiger charge is 2.33. The molecule has 1 aliphatic carbocycles. The van der Waals surface area contributed by atoms with Crippen molar-refractivity contribution < 1.29 is 9.47 Å². The van der Waals surface area contributed by atoms with Crippen LogP contribution >= 0.6 is 11.8 Å². The molecule has 2 unspecified atom stereocenters. The lowest BCUT2D eigenvalue weighted by molar-refractivity contribution is 0.232. The third-order valence-electron chi connectivity index (χ3n) is 4.39. The van der Waals surface area contributed by atoms with Gasteiger partial charge in [0, 0.05) is 22.6 Å². The molecule has 2 N–H and O–H groups in total.